The third-order valence-corrected chi connectivity index (χ3v) is 6.87. The summed E-state index contributed by atoms with van der Waals surface area (Å²) < 4.78 is 0. The predicted octanol–water partition coefficient (Wildman–Crippen LogP) is 2.56. The molecule has 0 bridgehead atoms. The number of amides is 4. The molecular formula is C21H24N4O3S. The molecule has 0 radical (unpaired) electrons. The fourth-order valence-electron chi connectivity index (χ4n) is 4.16. The zero-order valence-corrected chi connectivity index (χ0v) is 17.3. The van der Waals surface area contributed by atoms with Gasteiger partial charge in [-0.05, 0) is 42.3 Å². The van der Waals surface area contributed by atoms with Gasteiger partial charge in [-0.15, -0.1) is 11.3 Å². The summed E-state index contributed by atoms with van der Waals surface area (Å²) >= 11 is 1.74. The summed E-state index contributed by atoms with van der Waals surface area (Å²) in [5.41, 5.74) is 3.31. The number of rotatable bonds is 5. The SMILES string of the molecule is CC[C@@]1(c2ccccc2)NC(=O)N(NC(=O)CN2CCc3sccc3[C@@H]2C)C1=O. The molecule has 1 fully saturated rings. The number of nitrogens with one attached hydrogen (secondary N) is 2. The van der Waals surface area contributed by atoms with E-state index in [1.807, 2.05) is 25.1 Å². The standard InChI is InChI=1S/C21H24N4O3S/c1-3-21(15-7-5-4-6-8-15)19(27)25(20(28)22-21)23-18(26)13-24-11-9-17-16(14(24)2)10-12-29-17/h4-8,10,12,14H,3,9,11,13H2,1-2H3,(H,22,28)(H,23,26)/t14-,21-/m0/s1. The van der Waals surface area contributed by atoms with E-state index in [2.05, 4.69) is 34.0 Å². The molecule has 2 N–H and O–H groups in total. The van der Waals surface area contributed by atoms with Crippen LogP contribution in [-0.2, 0) is 21.5 Å². The van der Waals surface area contributed by atoms with E-state index in [1.54, 1.807) is 23.5 Å². The molecule has 0 aliphatic carbocycles. The molecule has 0 saturated carbocycles. The van der Waals surface area contributed by atoms with Crippen molar-refractivity contribution >= 4 is 29.2 Å². The lowest BCUT2D eigenvalue weighted by atomic mass is 9.87. The number of fused-ring (bicyclic) bond motifs is 1. The Labute approximate surface area is 173 Å². The summed E-state index contributed by atoms with van der Waals surface area (Å²) in [6, 6.07) is 10.7. The van der Waals surface area contributed by atoms with Crippen molar-refractivity contribution in [2.45, 2.75) is 38.3 Å². The highest BCUT2D eigenvalue weighted by molar-refractivity contribution is 7.10. The number of carbonyl (C=O) groups excluding carboxylic acids is 3. The monoisotopic (exact) mass is 412 g/mol. The maximum absolute atomic E-state index is 13.1. The van der Waals surface area contributed by atoms with Gasteiger partial charge in [0, 0.05) is 17.5 Å². The van der Waals surface area contributed by atoms with Crippen LogP contribution >= 0.6 is 11.3 Å². The number of hydrazine groups is 1. The lowest BCUT2D eigenvalue weighted by Crippen LogP contribution is -2.51. The zero-order valence-electron chi connectivity index (χ0n) is 16.5. The number of hydrogen-bond acceptors (Lipinski definition) is 5. The van der Waals surface area contributed by atoms with Crippen LogP contribution in [0.3, 0.4) is 0 Å². The molecule has 0 spiro atoms. The number of thiophene rings is 1. The van der Waals surface area contributed by atoms with Gasteiger partial charge in [0.15, 0.2) is 0 Å². The smallest absolute Gasteiger partial charge is 0.318 e. The lowest BCUT2D eigenvalue weighted by Gasteiger charge is -2.33. The molecule has 1 aromatic heterocycles. The lowest BCUT2D eigenvalue weighted by molar-refractivity contribution is -0.140. The number of urea groups is 1. The Bertz CT molecular complexity index is 944. The molecule has 2 aliphatic rings. The molecule has 8 heteroatoms. The van der Waals surface area contributed by atoms with E-state index in [-0.39, 0.29) is 18.5 Å². The molecule has 4 rings (SSSR count). The first-order valence-electron chi connectivity index (χ1n) is 9.78. The molecule has 1 saturated heterocycles. The van der Waals surface area contributed by atoms with E-state index in [9.17, 15) is 14.4 Å². The number of nitrogens with zero attached hydrogens (tertiary/aromatic N) is 2. The third-order valence-electron chi connectivity index (χ3n) is 5.88. The molecular weight excluding hydrogens is 388 g/mol. The Morgan fingerprint density at radius 1 is 1.28 bits per heavy atom. The maximum Gasteiger partial charge on any atom is 0.344 e. The normalized spacial score (nSPS) is 24.3. The first-order valence-corrected chi connectivity index (χ1v) is 10.7. The van der Waals surface area contributed by atoms with E-state index < -0.39 is 17.5 Å². The number of hydrogen-bond donors (Lipinski definition) is 2. The molecule has 2 aromatic rings. The summed E-state index contributed by atoms with van der Waals surface area (Å²) in [6.45, 7) is 4.80. The van der Waals surface area contributed by atoms with Crippen molar-refractivity contribution in [2.24, 2.45) is 0 Å². The highest BCUT2D eigenvalue weighted by atomic mass is 32.1. The van der Waals surface area contributed by atoms with Crippen molar-refractivity contribution in [1.82, 2.24) is 20.7 Å². The Kier molecular flexibility index (Phi) is 5.14. The molecule has 0 unspecified atom stereocenters. The highest BCUT2D eigenvalue weighted by Gasteiger charge is 2.52. The minimum atomic E-state index is -1.16. The minimum absolute atomic E-state index is 0.123. The maximum atomic E-state index is 13.1. The van der Waals surface area contributed by atoms with E-state index in [0.717, 1.165) is 18.0 Å². The van der Waals surface area contributed by atoms with Gasteiger partial charge in [-0.1, -0.05) is 37.3 Å². The van der Waals surface area contributed by atoms with Crippen LogP contribution in [0, 0.1) is 0 Å². The second kappa shape index (κ2) is 7.61. The third kappa shape index (κ3) is 3.32. The van der Waals surface area contributed by atoms with Gasteiger partial charge in [-0.2, -0.15) is 5.01 Å². The first-order chi connectivity index (χ1) is 14.0. The van der Waals surface area contributed by atoms with E-state index >= 15 is 0 Å². The summed E-state index contributed by atoms with van der Waals surface area (Å²) in [4.78, 5) is 41.7. The summed E-state index contributed by atoms with van der Waals surface area (Å²) in [5.74, 6) is -0.838. The Morgan fingerprint density at radius 2 is 2.03 bits per heavy atom. The second-order valence-corrected chi connectivity index (χ2v) is 8.43. The van der Waals surface area contributed by atoms with Gasteiger partial charge in [0.25, 0.3) is 11.8 Å². The van der Waals surface area contributed by atoms with Crippen molar-refractivity contribution in [3.05, 3.63) is 57.8 Å². The van der Waals surface area contributed by atoms with Crippen LogP contribution in [0.25, 0.3) is 0 Å². The second-order valence-electron chi connectivity index (χ2n) is 7.43. The molecule has 4 amide bonds. The largest absolute Gasteiger partial charge is 0.344 e. The van der Waals surface area contributed by atoms with Crippen molar-refractivity contribution in [2.75, 3.05) is 13.1 Å². The van der Waals surface area contributed by atoms with Crippen molar-refractivity contribution < 1.29 is 14.4 Å². The predicted molar refractivity (Wildman–Crippen MR) is 110 cm³/mol. The Hall–Kier alpha value is -2.71. The number of carbonyl (C=O) groups is 3. The highest BCUT2D eigenvalue weighted by Crippen LogP contribution is 2.33. The summed E-state index contributed by atoms with van der Waals surface area (Å²) in [7, 11) is 0. The fourth-order valence-corrected chi connectivity index (χ4v) is 5.12. The topological polar surface area (TPSA) is 81.8 Å². The Balaban J connectivity index is 1.46. The molecule has 2 atom stereocenters. The van der Waals surface area contributed by atoms with Gasteiger partial charge in [-0.3, -0.25) is 19.9 Å². The van der Waals surface area contributed by atoms with Crippen LogP contribution < -0.4 is 10.7 Å². The van der Waals surface area contributed by atoms with Crippen molar-refractivity contribution in [3.8, 4) is 0 Å². The van der Waals surface area contributed by atoms with Gasteiger partial charge in [0.1, 0.15) is 5.54 Å². The van der Waals surface area contributed by atoms with Crippen LogP contribution in [0.5, 0.6) is 0 Å². The molecule has 2 aliphatic heterocycles. The van der Waals surface area contributed by atoms with E-state index in [1.165, 1.54) is 10.4 Å². The average Bonchev–Trinajstić information content (AvgIpc) is 3.30. The van der Waals surface area contributed by atoms with Crippen LogP contribution in [-0.4, -0.2) is 40.8 Å². The van der Waals surface area contributed by atoms with Gasteiger partial charge in [0.2, 0.25) is 0 Å². The first kappa shape index (κ1) is 19.6. The summed E-state index contributed by atoms with van der Waals surface area (Å²) in [6.07, 6.45) is 1.29. The average molecular weight is 413 g/mol. The summed E-state index contributed by atoms with van der Waals surface area (Å²) in [5, 5.41) is 5.67. The van der Waals surface area contributed by atoms with Gasteiger partial charge >= 0.3 is 6.03 Å². The van der Waals surface area contributed by atoms with E-state index in [4.69, 9.17) is 0 Å². The number of imide groups is 1. The number of benzene rings is 1. The molecule has 1 aromatic carbocycles. The van der Waals surface area contributed by atoms with Crippen molar-refractivity contribution in [1.29, 1.82) is 0 Å². The van der Waals surface area contributed by atoms with Gasteiger partial charge in [0.05, 0.1) is 6.54 Å². The molecule has 3 heterocycles. The zero-order chi connectivity index (χ0) is 20.6. The van der Waals surface area contributed by atoms with E-state index in [0.29, 0.717) is 12.0 Å². The molecule has 7 nitrogen and oxygen atoms in total. The Morgan fingerprint density at radius 3 is 2.76 bits per heavy atom. The van der Waals surface area contributed by atoms with Crippen LogP contribution in [0.15, 0.2) is 41.8 Å². The van der Waals surface area contributed by atoms with Crippen LogP contribution in [0.2, 0.25) is 0 Å². The molecule has 152 valence electrons. The van der Waals surface area contributed by atoms with Crippen molar-refractivity contribution in [3.63, 3.8) is 0 Å². The molecule has 29 heavy (non-hydrogen) atoms. The van der Waals surface area contributed by atoms with Crippen LogP contribution in [0.4, 0.5) is 4.79 Å². The minimum Gasteiger partial charge on any atom is -0.318 e. The fraction of sp³-hybridized carbons (Fsp3) is 0.381. The van der Waals surface area contributed by atoms with Gasteiger partial charge in [-0.25, -0.2) is 4.79 Å². The van der Waals surface area contributed by atoms with Gasteiger partial charge < -0.3 is 5.32 Å². The quantitative estimate of drug-likeness (QED) is 0.740. The van der Waals surface area contributed by atoms with Crippen LogP contribution in [0.1, 0.15) is 42.3 Å².